The first-order valence-electron chi connectivity index (χ1n) is 8.25. The van der Waals surface area contributed by atoms with Crippen molar-refractivity contribution in [3.63, 3.8) is 0 Å². The van der Waals surface area contributed by atoms with E-state index in [0.717, 1.165) is 46.0 Å². The molecule has 0 atom stereocenters. The molecule has 0 saturated heterocycles. The van der Waals surface area contributed by atoms with Gasteiger partial charge in [0.15, 0.2) is 0 Å². The third kappa shape index (κ3) is 8.02. The fourth-order valence-corrected chi connectivity index (χ4v) is 2.92. The van der Waals surface area contributed by atoms with E-state index in [-0.39, 0.29) is 0 Å². The molecule has 0 N–H and O–H groups in total. The summed E-state index contributed by atoms with van der Waals surface area (Å²) in [5, 5.41) is 0. The van der Waals surface area contributed by atoms with E-state index in [1.807, 2.05) is 36.7 Å². The van der Waals surface area contributed by atoms with Gasteiger partial charge >= 0.3 is 0 Å². The Balaban J connectivity index is 1.51. The fourth-order valence-electron chi connectivity index (χ4n) is 2.24. The average Bonchev–Trinajstić information content (AvgIpc) is 2.58. The summed E-state index contributed by atoms with van der Waals surface area (Å²) in [6.07, 6.45) is 8.61. The maximum Gasteiger partial charge on any atom is 0.0389 e. The van der Waals surface area contributed by atoms with Crippen LogP contribution in [0.4, 0.5) is 0 Å². The van der Waals surface area contributed by atoms with E-state index in [1.54, 1.807) is 0 Å². The van der Waals surface area contributed by atoms with Gasteiger partial charge in [-0.25, -0.2) is 0 Å². The second-order valence-electron chi connectivity index (χ2n) is 5.59. The highest BCUT2D eigenvalue weighted by Crippen LogP contribution is 2.10. The van der Waals surface area contributed by atoms with Crippen LogP contribution in [0.3, 0.4) is 0 Å². The lowest BCUT2D eigenvalue weighted by molar-refractivity contribution is 0.655. The van der Waals surface area contributed by atoms with Crippen molar-refractivity contribution in [2.24, 2.45) is 9.98 Å². The largest absolute Gasteiger partial charge is 0.293 e. The van der Waals surface area contributed by atoms with Crippen molar-refractivity contribution in [2.45, 2.75) is 25.7 Å². The molecule has 0 unspecified atom stereocenters. The lowest BCUT2D eigenvalue weighted by Gasteiger charge is -1.98. The monoisotopic (exact) mass is 448 g/mol. The van der Waals surface area contributed by atoms with Gasteiger partial charge in [0, 0.05) is 34.5 Å². The first-order valence-corrected chi connectivity index (χ1v) is 9.83. The Kier molecular flexibility index (Phi) is 9.00. The third-order valence-corrected chi connectivity index (χ3v) is 4.55. The molecule has 4 heteroatoms. The van der Waals surface area contributed by atoms with Gasteiger partial charge in [-0.05, 0) is 48.2 Å². The number of halogens is 2. The normalized spacial score (nSPS) is 11.6. The number of hydrogen-bond donors (Lipinski definition) is 0. The highest BCUT2D eigenvalue weighted by molar-refractivity contribution is 9.10. The molecule has 2 aromatic carbocycles. The van der Waals surface area contributed by atoms with Crippen LogP contribution in [0, 0.1) is 0 Å². The Morgan fingerprint density at radius 1 is 0.667 bits per heavy atom. The Morgan fingerprint density at radius 2 is 1.29 bits per heavy atom. The van der Waals surface area contributed by atoms with E-state index >= 15 is 0 Å². The zero-order valence-electron chi connectivity index (χ0n) is 13.7. The minimum atomic E-state index is 0.897. The first kappa shape index (κ1) is 19.1. The van der Waals surface area contributed by atoms with E-state index in [0.29, 0.717) is 0 Å². The standard InChI is InChI=1S/C20H22Br2N2/c21-19-10-8-17(9-11-19)15-23-12-3-1-2-4-13-24-16-18-6-5-7-20(22)14-18/h5-11,14-16H,1-4,12-13H2. The van der Waals surface area contributed by atoms with Crippen molar-refractivity contribution in [1.82, 2.24) is 0 Å². The van der Waals surface area contributed by atoms with Gasteiger partial charge in [-0.1, -0.05) is 69.0 Å². The molecule has 0 bridgehead atoms. The maximum atomic E-state index is 4.48. The molecule has 0 aromatic heterocycles. The SMILES string of the molecule is Brc1ccc(C=NCCCCCCN=Cc2cccc(Br)c2)cc1. The quantitative estimate of drug-likeness (QED) is 0.316. The van der Waals surface area contributed by atoms with Crippen molar-refractivity contribution >= 4 is 44.3 Å². The van der Waals surface area contributed by atoms with Crippen molar-refractivity contribution in [3.05, 3.63) is 68.6 Å². The minimum absolute atomic E-state index is 0.897. The molecule has 0 fully saturated rings. The molecule has 0 aliphatic heterocycles. The first-order chi connectivity index (χ1) is 11.7. The zero-order chi connectivity index (χ0) is 17.0. The molecule has 2 aromatic rings. The van der Waals surface area contributed by atoms with Gasteiger partial charge in [0.25, 0.3) is 0 Å². The molecule has 24 heavy (non-hydrogen) atoms. The highest BCUT2D eigenvalue weighted by Gasteiger charge is 1.91. The van der Waals surface area contributed by atoms with Crippen molar-refractivity contribution < 1.29 is 0 Å². The van der Waals surface area contributed by atoms with Crippen LogP contribution in [0.15, 0.2) is 67.5 Å². The number of rotatable bonds is 9. The van der Waals surface area contributed by atoms with Gasteiger partial charge < -0.3 is 0 Å². The predicted octanol–water partition coefficient (Wildman–Crippen LogP) is 6.31. The van der Waals surface area contributed by atoms with Crippen LogP contribution in [-0.4, -0.2) is 25.5 Å². The number of nitrogens with zero attached hydrogens (tertiary/aromatic N) is 2. The Labute approximate surface area is 161 Å². The number of aliphatic imine (C=N–C) groups is 2. The Bertz CT molecular complexity index is 664. The molecule has 0 amide bonds. The Morgan fingerprint density at radius 3 is 1.92 bits per heavy atom. The number of benzene rings is 2. The van der Waals surface area contributed by atoms with Crippen LogP contribution in [0.5, 0.6) is 0 Å². The summed E-state index contributed by atoms with van der Waals surface area (Å²) < 4.78 is 2.19. The average molecular weight is 450 g/mol. The lowest BCUT2D eigenvalue weighted by Crippen LogP contribution is -1.88. The summed E-state index contributed by atoms with van der Waals surface area (Å²) in [5.41, 5.74) is 2.30. The molecular formula is C20H22Br2N2. The second-order valence-corrected chi connectivity index (χ2v) is 7.42. The topological polar surface area (TPSA) is 24.7 Å². The van der Waals surface area contributed by atoms with E-state index in [1.165, 1.54) is 12.8 Å². The van der Waals surface area contributed by atoms with E-state index in [4.69, 9.17) is 0 Å². The summed E-state index contributed by atoms with van der Waals surface area (Å²) in [6.45, 7) is 1.80. The fraction of sp³-hybridized carbons (Fsp3) is 0.300. The van der Waals surface area contributed by atoms with Crippen LogP contribution in [-0.2, 0) is 0 Å². The second kappa shape index (κ2) is 11.3. The molecule has 2 nitrogen and oxygen atoms in total. The smallest absolute Gasteiger partial charge is 0.0389 e. The Hall–Kier alpha value is -1.26. The molecule has 126 valence electrons. The molecule has 2 rings (SSSR count). The van der Waals surface area contributed by atoms with E-state index in [2.05, 4.69) is 66.1 Å². The summed E-state index contributed by atoms with van der Waals surface area (Å²) in [4.78, 5) is 8.96. The van der Waals surface area contributed by atoms with E-state index in [9.17, 15) is 0 Å². The van der Waals surface area contributed by atoms with Crippen molar-refractivity contribution in [1.29, 1.82) is 0 Å². The highest BCUT2D eigenvalue weighted by atomic mass is 79.9. The van der Waals surface area contributed by atoms with Crippen molar-refractivity contribution in [2.75, 3.05) is 13.1 Å². The number of unbranched alkanes of at least 4 members (excludes halogenated alkanes) is 3. The third-order valence-electron chi connectivity index (χ3n) is 3.52. The summed E-state index contributed by atoms with van der Waals surface area (Å²) in [5.74, 6) is 0. The van der Waals surface area contributed by atoms with Gasteiger partial charge in [-0.2, -0.15) is 0 Å². The van der Waals surface area contributed by atoms with Gasteiger partial charge in [-0.3, -0.25) is 9.98 Å². The molecule has 0 aliphatic carbocycles. The van der Waals surface area contributed by atoms with Gasteiger partial charge in [0.1, 0.15) is 0 Å². The van der Waals surface area contributed by atoms with Crippen LogP contribution in [0.25, 0.3) is 0 Å². The van der Waals surface area contributed by atoms with Gasteiger partial charge in [-0.15, -0.1) is 0 Å². The van der Waals surface area contributed by atoms with Crippen LogP contribution < -0.4 is 0 Å². The van der Waals surface area contributed by atoms with Gasteiger partial charge in [0.2, 0.25) is 0 Å². The lowest BCUT2D eigenvalue weighted by atomic mass is 10.2. The summed E-state index contributed by atoms with van der Waals surface area (Å²) in [6, 6.07) is 16.4. The van der Waals surface area contributed by atoms with Gasteiger partial charge in [0.05, 0.1) is 0 Å². The summed E-state index contributed by atoms with van der Waals surface area (Å²) >= 11 is 6.90. The van der Waals surface area contributed by atoms with E-state index < -0.39 is 0 Å². The van der Waals surface area contributed by atoms with Crippen LogP contribution in [0.1, 0.15) is 36.8 Å². The van der Waals surface area contributed by atoms with Crippen molar-refractivity contribution in [3.8, 4) is 0 Å². The molecule has 0 spiro atoms. The molecular weight excluding hydrogens is 428 g/mol. The molecule has 0 heterocycles. The van der Waals surface area contributed by atoms with Crippen LogP contribution in [0.2, 0.25) is 0 Å². The zero-order valence-corrected chi connectivity index (χ0v) is 16.8. The van der Waals surface area contributed by atoms with Crippen LogP contribution >= 0.6 is 31.9 Å². The predicted molar refractivity (Wildman–Crippen MR) is 112 cm³/mol. The molecule has 0 radical (unpaired) electrons. The maximum absolute atomic E-state index is 4.48. The molecule has 0 saturated carbocycles. The minimum Gasteiger partial charge on any atom is -0.293 e. The number of hydrogen-bond acceptors (Lipinski definition) is 2. The molecule has 0 aliphatic rings. The summed E-state index contributed by atoms with van der Waals surface area (Å²) in [7, 11) is 0.